The summed E-state index contributed by atoms with van der Waals surface area (Å²) < 4.78 is 6.47. The lowest BCUT2D eigenvalue weighted by Gasteiger charge is -2.15. The number of carboxylic acids is 1. The first-order chi connectivity index (χ1) is 9.60. The molecule has 0 saturated carbocycles. The number of aliphatic carboxylic acids is 1. The van der Waals surface area contributed by atoms with Gasteiger partial charge in [-0.05, 0) is 7.05 Å². The number of likely N-dealkylation sites (N-methyl/N-ethyl adjacent to an activating group) is 1. The van der Waals surface area contributed by atoms with Crippen molar-refractivity contribution in [3.8, 4) is 0 Å². The van der Waals surface area contributed by atoms with E-state index in [0.29, 0.717) is 18.9 Å². The van der Waals surface area contributed by atoms with E-state index < -0.39 is 5.97 Å². The van der Waals surface area contributed by atoms with Crippen molar-refractivity contribution in [1.82, 2.24) is 25.6 Å². The van der Waals surface area contributed by atoms with E-state index in [1.165, 1.54) is 10.9 Å². The fraction of sp³-hybridized carbons (Fsp3) is 0.636. The number of nitrogens with zero attached hydrogens (tertiary/aromatic N) is 3. The Morgan fingerprint density at radius 2 is 2.35 bits per heavy atom. The number of carbonyl (C=O) groups excluding carboxylic acids is 1. The van der Waals surface area contributed by atoms with Gasteiger partial charge in [0.1, 0.15) is 12.2 Å². The molecule has 9 heteroatoms. The zero-order chi connectivity index (χ0) is 14.5. The van der Waals surface area contributed by atoms with Crippen LogP contribution in [0.1, 0.15) is 5.69 Å². The van der Waals surface area contributed by atoms with Crippen molar-refractivity contribution < 1.29 is 19.4 Å². The number of hydrogen-bond acceptors (Lipinski definition) is 6. The van der Waals surface area contributed by atoms with Crippen LogP contribution in [-0.2, 0) is 27.4 Å². The van der Waals surface area contributed by atoms with Gasteiger partial charge in [-0.1, -0.05) is 5.21 Å². The maximum absolute atomic E-state index is 12.0. The molecule has 0 radical (unpaired) electrons. The second-order valence-electron chi connectivity index (χ2n) is 4.56. The Bertz CT molecular complexity index is 489. The summed E-state index contributed by atoms with van der Waals surface area (Å²) in [5, 5.41) is 21.9. The van der Waals surface area contributed by atoms with Crippen molar-refractivity contribution in [2.24, 2.45) is 5.92 Å². The largest absolute Gasteiger partial charge is 0.480 e. The summed E-state index contributed by atoms with van der Waals surface area (Å²) in [6.45, 7) is 0.872. The molecule has 1 fully saturated rings. The molecule has 3 N–H and O–H groups in total. The molecule has 0 aliphatic carbocycles. The van der Waals surface area contributed by atoms with Crippen LogP contribution in [0.2, 0.25) is 0 Å². The third kappa shape index (κ3) is 3.52. The predicted molar refractivity (Wildman–Crippen MR) is 66.7 cm³/mol. The van der Waals surface area contributed by atoms with Crippen LogP contribution in [0.3, 0.4) is 0 Å². The highest BCUT2D eigenvalue weighted by Gasteiger charge is 2.32. The van der Waals surface area contributed by atoms with Gasteiger partial charge in [0, 0.05) is 6.04 Å². The lowest BCUT2D eigenvalue weighted by molar-refractivity contribution is -0.138. The Hall–Kier alpha value is -2.00. The van der Waals surface area contributed by atoms with Gasteiger partial charge in [0.05, 0.1) is 31.9 Å². The molecule has 1 aromatic heterocycles. The monoisotopic (exact) mass is 283 g/mol. The van der Waals surface area contributed by atoms with Crippen molar-refractivity contribution in [3.63, 3.8) is 0 Å². The van der Waals surface area contributed by atoms with E-state index in [4.69, 9.17) is 9.84 Å². The van der Waals surface area contributed by atoms with Crippen LogP contribution in [0.25, 0.3) is 0 Å². The molecule has 0 spiro atoms. The van der Waals surface area contributed by atoms with Gasteiger partial charge < -0.3 is 20.5 Å². The Labute approximate surface area is 115 Å². The SMILES string of the molecule is CNC1COCC1C(=O)NCc1cn(CC(=O)O)nn1. The maximum atomic E-state index is 12.0. The summed E-state index contributed by atoms with van der Waals surface area (Å²) in [6.07, 6.45) is 1.50. The third-order valence-electron chi connectivity index (χ3n) is 3.12. The zero-order valence-corrected chi connectivity index (χ0v) is 11.1. The highest BCUT2D eigenvalue weighted by molar-refractivity contribution is 5.79. The summed E-state index contributed by atoms with van der Waals surface area (Å²) in [5.41, 5.74) is 0.513. The molecule has 0 aromatic carbocycles. The van der Waals surface area contributed by atoms with Crippen LogP contribution in [0.5, 0.6) is 0 Å². The van der Waals surface area contributed by atoms with Crippen LogP contribution >= 0.6 is 0 Å². The molecular weight excluding hydrogens is 266 g/mol. The third-order valence-corrected chi connectivity index (χ3v) is 3.12. The van der Waals surface area contributed by atoms with Crippen LogP contribution < -0.4 is 10.6 Å². The number of hydrogen-bond donors (Lipinski definition) is 3. The Kier molecular flexibility index (Phi) is 4.64. The molecule has 20 heavy (non-hydrogen) atoms. The van der Waals surface area contributed by atoms with Gasteiger partial charge in [0.15, 0.2) is 0 Å². The molecule has 2 unspecified atom stereocenters. The molecule has 1 aliphatic rings. The number of carbonyl (C=O) groups is 2. The fourth-order valence-electron chi connectivity index (χ4n) is 2.04. The summed E-state index contributed by atoms with van der Waals surface area (Å²) >= 11 is 0. The quantitative estimate of drug-likeness (QED) is 0.564. The van der Waals surface area contributed by atoms with Crippen LogP contribution in [0.15, 0.2) is 6.20 Å². The van der Waals surface area contributed by atoms with Crippen molar-refractivity contribution in [3.05, 3.63) is 11.9 Å². The molecule has 110 valence electrons. The molecule has 2 rings (SSSR count). The number of rotatable bonds is 6. The van der Waals surface area contributed by atoms with Crippen molar-refractivity contribution in [2.75, 3.05) is 20.3 Å². The standard InChI is InChI=1S/C11H17N5O4/c1-12-9-6-20-5-8(9)11(19)13-2-7-3-16(15-14-7)4-10(17)18/h3,8-9,12H,2,4-6H2,1H3,(H,13,19)(H,17,18). The number of ether oxygens (including phenoxy) is 1. The molecular formula is C11H17N5O4. The number of amides is 1. The second-order valence-corrected chi connectivity index (χ2v) is 4.56. The minimum absolute atomic E-state index is 0.0118. The molecule has 0 bridgehead atoms. The van der Waals surface area contributed by atoms with E-state index in [1.54, 1.807) is 7.05 Å². The molecule has 9 nitrogen and oxygen atoms in total. The highest BCUT2D eigenvalue weighted by atomic mass is 16.5. The lowest BCUT2D eigenvalue weighted by atomic mass is 10.0. The summed E-state index contributed by atoms with van der Waals surface area (Å²) in [5.74, 6) is -1.34. The zero-order valence-electron chi connectivity index (χ0n) is 11.1. The molecule has 2 atom stereocenters. The average molecular weight is 283 g/mol. The van der Waals surface area contributed by atoms with Gasteiger partial charge in [-0.25, -0.2) is 4.68 Å². The second kappa shape index (κ2) is 6.44. The van der Waals surface area contributed by atoms with Gasteiger partial charge in [-0.15, -0.1) is 5.10 Å². The van der Waals surface area contributed by atoms with Crippen molar-refractivity contribution in [2.45, 2.75) is 19.1 Å². The minimum Gasteiger partial charge on any atom is -0.480 e. The van der Waals surface area contributed by atoms with Crippen LogP contribution in [0, 0.1) is 5.92 Å². The van der Waals surface area contributed by atoms with E-state index in [0.717, 1.165) is 0 Å². The first-order valence-electron chi connectivity index (χ1n) is 6.23. The molecule has 1 aliphatic heterocycles. The normalized spacial score (nSPS) is 21.9. The van der Waals surface area contributed by atoms with Crippen LogP contribution in [-0.4, -0.2) is 58.3 Å². The van der Waals surface area contributed by atoms with Crippen LogP contribution in [0.4, 0.5) is 0 Å². The van der Waals surface area contributed by atoms with Gasteiger partial charge >= 0.3 is 5.97 Å². The summed E-state index contributed by atoms with van der Waals surface area (Å²) in [4.78, 5) is 22.5. The first kappa shape index (κ1) is 14.4. The topological polar surface area (TPSA) is 118 Å². The highest BCUT2D eigenvalue weighted by Crippen LogP contribution is 2.13. The lowest BCUT2D eigenvalue weighted by Crippen LogP contribution is -2.42. The first-order valence-corrected chi connectivity index (χ1v) is 6.23. The molecule has 1 amide bonds. The summed E-state index contributed by atoms with van der Waals surface area (Å²) in [6, 6.07) is 0.0118. The minimum atomic E-state index is -0.995. The van der Waals surface area contributed by atoms with Gasteiger partial charge in [0.25, 0.3) is 0 Å². The van der Waals surface area contributed by atoms with Gasteiger partial charge in [-0.2, -0.15) is 0 Å². The van der Waals surface area contributed by atoms with Crippen molar-refractivity contribution in [1.29, 1.82) is 0 Å². The Balaban J connectivity index is 1.84. The van der Waals surface area contributed by atoms with E-state index >= 15 is 0 Å². The molecule has 1 aromatic rings. The number of aromatic nitrogens is 3. The van der Waals surface area contributed by atoms with E-state index in [1.807, 2.05) is 0 Å². The summed E-state index contributed by atoms with van der Waals surface area (Å²) in [7, 11) is 1.79. The van der Waals surface area contributed by atoms with Gasteiger partial charge in [0.2, 0.25) is 5.91 Å². The molecule has 2 heterocycles. The Morgan fingerprint density at radius 1 is 1.55 bits per heavy atom. The maximum Gasteiger partial charge on any atom is 0.325 e. The van der Waals surface area contributed by atoms with E-state index in [2.05, 4.69) is 20.9 Å². The van der Waals surface area contributed by atoms with E-state index in [-0.39, 0.29) is 31.0 Å². The van der Waals surface area contributed by atoms with Gasteiger partial charge in [-0.3, -0.25) is 9.59 Å². The smallest absolute Gasteiger partial charge is 0.325 e. The van der Waals surface area contributed by atoms with E-state index in [9.17, 15) is 9.59 Å². The number of nitrogens with one attached hydrogen (secondary N) is 2. The number of carboxylic acid groups (broad SMARTS) is 1. The predicted octanol–water partition coefficient (Wildman–Crippen LogP) is -1.79. The average Bonchev–Trinajstić information content (AvgIpc) is 3.03. The fourth-order valence-corrected chi connectivity index (χ4v) is 2.04. The Morgan fingerprint density at radius 3 is 3.05 bits per heavy atom. The van der Waals surface area contributed by atoms with Crippen molar-refractivity contribution >= 4 is 11.9 Å². The molecule has 1 saturated heterocycles.